The van der Waals surface area contributed by atoms with E-state index in [2.05, 4.69) is 9.88 Å². The second-order valence-electron chi connectivity index (χ2n) is 6.51. The molecule has 6 heteroatoms. The zero-order valence-electron chi connectivity index (χ0n) is 12.8. The Hall–Kier alpha value is -1.43. The maximum Gasteiger partial charge on any atom is 0.226 e. The molecule has 1 saturated heterocycles. The number of nitrogens with two attached hydrogens (primary N) is 1. The van der Waals surface area contributed by atoms with E-state index in [0.717, 1.165) is 37.7 Å². The topological polar surface area (TPSA) is 55.3 Å². The second kappa shape index (κ2) is 6.59. The molecule has 0 amide bonds. The standard InChI is InChI=1S/C17H20FN3O.ClH/c18-13-3-1-2-11(6-13)17-20-14(10-22-17)8-21-7-12-4-5-16(19)15(12)9-21;/h1-3,6,10,12,15-16H,4-5,7-9,19H2;1H. The minimum atomic E-state index is -0.279. The van der Waals surface area contributed by atoms with Crippen molar-refractivity contribution in [3.8, 4) is 11.5 Å². The Labute approximate surface area is 141 Å². The zero-order chi connectivity index (χ0) is 15.1. The van der Waals surface area contributed by atoms with Gasteiger partial charge in [-0.2, -0.15) is 0 Å². The van der Waals surface area contributed by atoms with Crippen molar-refractivity contribution in [3.63, 3.8) is 0 Å². The summed E-state index contributed by atoms with van der Waals surface area (Å²) in [5, 5.41) is 0. The smallest absolute Gasteiger partial charge is 0.226 e. The largest absolute Gasteiger partial charge is 0.444 e. The number of halogens is 2. The molecule has 2 fully saturated rings. The fourth-order valence-electron chi connectivity index (χ4n) is 3.89. The van der Waals surface area contributed by atoms with Crippen LogP contribution >= 0.6 is 12.4 Å². The molecule has 1 aromatic carbocycles. The van der Waals surface area contributed by atoms with Crippen molar-refractivity contribution in [1.29, 1.82) is 0 Å². The summed E-state index contributed by atoms with van der Waals surface area (Å²) in [5.41, 5.74) is 7.74. The van der Waals surface area contributed by atoms with Crippen molar-refractivity contribution in [2.24, 2.45) is 17.6 Å². The van der Waals surface area contributed by atoms with Gasteiger partial charge in [-0.05, 0) is 42.9 Å². The lowest BCUT2D eigenvalue weighted by Crippen LogP contribution is -2.30. The van der Waals surface area contributed by atoms with Crippen molar-refractivity contribution in [2.45, 2.75) is 25.4 Å². The van der Waals surface area contributed by atoms with E-state index >= 15 is 0 Å². The summed E-state index contributed by atoms with van der Waals surface area (Å²) in [4.78, 5) is 6.90. The summed E-state index contributed by atoms with van der Waals surface area (Å²) in [7, 11) is 0. The summed E-state index contributed by atoms with van der Waals surface area (Å²) in [5.74, 6) is 1.57. The predicted molar refractivity (Wildman–Crippen MR) is 88.6 cm³/mol. The highest BCUT2D eigenvalue weighted by molar-refractivity contribution is 5.85. The van der Waals surface area contributed by atoms with Crippen LogP contribution in [0.25, 0.3) is 11.5 Å². The lowest BCUT2D eigenvalue weighted by molar-refractivity contribution is 0.294. The third kappa shape index (κ3) is 3.27. The molecular formula is C17H21ClFN3O. The Kier molecular flexibility index (Phi) is 4.71. The molecule has 3 atom stereocenters. The van der Waals surface area contributed by atoms with Crippen LogP contribution in [0.2, 0.25) is 0 Å². The second-order valence-corrected chi connectivity index (χ2v) is 6.51. The SMILES string of the molecule is Cl.NC1CCC2CN(Cc3coc(-c4cccc(F)c4)n3)CC12. The van der Waals surface area contributed by atoms with E-state index in [1.807, 2.05) is 0 Å². The quantitative estimate of drug-likeness (QED) is 0.935. The van der Waals surface area contributed by atoms with Crippen LogP contribution in [0.15, 0.2) is 34.9 Å². The first-order chi connectivity index (χ1) is 10.7. The third-order valence-electron chi connectivity index (χ3n) is 5.00. The molecule has 0 spiro atoms. The minimum Gasteiger partial charge on any atom is -0.444 e. The molecule has 0 bridgehead atoms. The lowest BCUT2D eigenvalue weighted by Gasteiger charge is -2.16. The van der Waals surface area contributed by atoms with Gasteiger partial charge in [0.05, 0.1) is 5.69 Å². The Balaban J connectivity index is 0.00000156. The molecule has 124 valence electrons. The number of aromatic nitrogens is 1. The summed E-state index contributed by atoms with van der Waals surface area (Å²) in [6, 6.07) is 6.68. The average molecular weight is 338 g/mol. The first kappa shape index (κ1) is 16.4. The molecule has 1 aliphatic heterocycles. The molecule has 2 N–H and O–H groups in total. The van der Waals surface area contributed by atoms with Crippen LogP contribution in [0.3, 0.4) is 0 Å². The minimum absolute atomic E-state index is 0. The molecule has 1 saturated carbocycles. The number of oxazole rings is 1. The summed E-state index contributed by atoms with van der Waals surface area (Å²) < 4.78 is 18.8. The van der Waals surface area contributed by atoms with Crippen molar-refractivity contribution in [2.75, 3.05) is 13.1 Å². The molecule has 2 aromatic rings. The highest BCUT2D eigenvalue weighted by Gasteiger charge is 2.40. The Morgan fingerprint density at radius 1 is 1.30 bits per heavy atom. The maximum absolute atomic E-state index is 13.3. The van der Waals surface area contributed by atoms with Crippen molar-refractivity contribution in [3.05, 3.63) is 42.0 Å². The number of rotatable bonds is 3. The van der Waals surface area contributed by atoms with E-state index in [9.17, 15) is 4.39 Å². The highest BCUT2D eigenvalue weighted by Crippen LogP contribution is 2.37. The summed E-state index contributed by atoms with van der Waals surface area (Å²) in [6.07, 6.45) is 4.08. The van der Waals surface area contributed by atoms with Crippen LogP contribution < -0.4 is 5.73 Å². The summed E-state index contributed by atoms with van der Waals surface area (Å²) >= 11 is 0. The van der Waals surface area contributed by atoms with Gasteiger partial charge in [-0.25, -0.2) is 9.37 Å². The number of hydrogen-bond donors (Lipinski definition) is 1. The molecule has 2 heterocycles. The van der Waals surface area contributed by atoms with Gasteiger partial charge >= 0.3 is 0 Å². The van der Waals surface area contributed by atoms with Gasteiger partial charge in [-0.1, -0.05) is 6.07 Å². The van der Waals surface area contributed by atoms with Gasteiger partial charge in [-0.15, -0.1) is 12.4 Å². The van der Waals surface area contributed by atoms with Crippen molar-refractivity contribution >= 4 is 12.4 Å². The normalized spacial score (nSPS) is 27.0. The van der Waals surface area contributed by atoms with Crippen LogP contribution in [0.1, 0.15) is 18.5 Å². The molecule has 4 rings (SSSR count). The van der Waals surface area contributed by atoms with Crippen molar-refractivity contribution < 1.29 is 8.81 Å². The van der Waals surface area contributed by atoms with Gasteiger partial charge in [0.2, 0.25) is 5.89 Å². The van der Waals surface area contributed by atoms with E-state index in [-0.39, 0.29) is 18.2 Å². The van der Waals surface area contributed by atoms with Crippen LogP contribution in [-0.2, 0) is 6.54 Å². The van der Waals surface area contributed by atoms with Crippen LogP contribution in [-0.4, -0.2) is 29.0 Å². The number of hydrogen-bond acceptors (Lipinski definition) is 4. The third-order valence-corrected chi connectivity index (χ3v) is 5.00. The van der Waals surface area contributed by atoms with Crippen molar-refractivity contribution in [1.82, 2.24) is 9.88 Å². The van der Waals surface area contributed by atoms with E-state index in [1.165, 1.54) is 18.6 Å². The highest BCUT2D eigenvalue weighted by atomic mass is 35.5. The van der Waals surface area contributed by atoms with Crippen LogP contribution in [0.4, 0.5) is 4.39 Å². The Bertz CT molecular complexity index is 677. The fraction of sp³-hybridized carbons (Fsp3) is 0.471. The molecule has 2 aliphatic rings. The summed E-state index contributed by atoms with van der Waals surface area (Å²) in [6.45, 7) is 2.92. The number of benzene rings is 1. The molecular weight excluding hydrogens is 317 g/mol. The van der Waals surface area contributed by atoms with Gasteiger partial charge in [0.1, 0.15) is 12.1 Å². The van der Waals surface area contributed by atoms with Gasteiger partial charge in [0.25, 0.3) is 0 Å². The average Bonchev–Trinajstić information content (AvgIpc) is 3.18. The van der Waals surface area contributed by atoms with Gasteiger partial charge < -0.3 is 10.2 Å². The first-order valence-corrected chi connectivity index (χ1v) is 7.87. The fourth-order valence-corrected chi connectivity index (χ4v) is 3.89. The molecule has 1 aliphatic carbocycles. The first-order valence-electron chi connectivity index (χ1n) is 7.87. The van der Waals surface area contributed by atoms with E-state index < -0.39 is 0 Å². The zero-order valence-corrected chi connectivity index (χ0v) is 13.6. The van der Waals surface area contributed by atoms with E-state index in [1.54, 1.807) is 18.4 Å². The van der Waals surface area contributed by atoms with Gasteiger partial charge in [0.15, 0.2) is 0 Å². The van der Waals surface area contributed by atoms with E-state index in [4.69, 9.17) is 10.2 Å². The molecule has 3 unspecified atom stereocenters. The number of fused-ring (bicyclic) bond motifs is 1. The maximum atomic E-state index is 13.3. The number of nitrogens with zero attached hydrogens (tertiary/aromatic N) is 2. The monoisotopic (exact) mass is 337 g/mol. The molecule has 4 nitrogen and oxygen atoms in total. The van der Waals surface area contributed by atoms with E-state index in [0.29, 0.717) is 23.4 Å². The molecule has 0 radical (unpaired) electrons. The lowest BCUT2D eigenvalue weighted by atomic mass is 9.98. The Morgan fingerprint density at radius 3 is 2.96 bits per heavy atom. The molecule has 1 aromatic heterocycles. The van der Waals surface area contributed by atoms with Gasteiger partial charge in [0, 0.05) is 31.2 Å². The predicted octanol–water partition coefficient (Wildman–Crippen LogP) is 3.07. The van der Waals surface area contributed by atoms with Crippen LogP contribution in [0.5, 0.6) is 0 Å². The molecule has 23 heavy (non-hydrogen) atoms. The van der Waals surface area contributed by atoms with Gasteiger partial charge in [-0.3, -0.25) is 4.90 Å². The Morgan fingerprint density at radius 2 is 2.17 bits per heavy atom. The van der Waals surface area contributed by atoms with Crippen LogP contribution in [0, 0.1) is 17.7 Å². The number of likely N-dealkylation sites (tertiary alicyclic amines) is 1.